The van der Waals surface area contributed by atoms with E-state index in [1.165, 1.54) is 70.6 Å². The Morgan fingerprint density at radius 1 is 0.471 bits per heavy atom. The van der Waals surface area contributed by atoms with Crippen LogP contribution in [0.1, 0.15) is 84.5 Å². The molecule has 0 saturated carbocycles. The summed E-state index contributed by atoms with van der Waals surface area (Å²) in [4.78, 5) is 0. The molecule has 0 amide bonds. The number of hydrogen-bond donors (Lipinski definition) is 0. The minimum Gasteiger partial charge on any atom is -0.0885 e. The quantitative estimate of drug-likeness (QED) is 0.270. The van der Waals surface area contributed by atoms with Crippen molar-refractivity contribution in [3.8, 4) is 0 Å². The van der Waals surface area contributed by atoms with E-state index in [1.807, 2.05) is 0 Å². The van der Waals surface area contributed by atoms with Crippen LogP contribution >= 0.6 is 0 Å². The van der Waals surface area contributed by atoms with E-state index in [9.17, 15) is 0 Å². The van der Waals surface area contributed by atoms with E-state index < -0.39 is 0 Å². The topological polar surface area (TPSA) is 0 Å². The first-order chi connectivity index (χ1) is 8.41. The summed E-state index contributed by atoms with van der Waals surface area (Å²) in [6.45, 7) is 4.49. The Hall–Kier alpha value is -0.520. The number of unbranched alkanes of at least 4 members (excludes halogenated alkanes) is 8. The molecule has 0 fully saturated rings. The molecule has 0 bridgehead atoms. The molecule has 0 aromatic rings. The summed E-state index contributed by atoms with van der Waals surface area (Å²) < 4.78 is 0. The summed E-state index contributed by atoms with van der Waals surface area (Å²) >= 11 is 0. The molecule has 0 saturated heterocycles. The molecule has 0 heteroatoms. The molecule has 0 aliphatic carbocycles. The van der Waals surface area contributed by atoms with Crippen molar-refractivity contribution in [3.63, 3.8) is 0 Å². The van der Waals surface area contributed by atoms with Crippen molar-refractivity contribution in [1.29, 1.82) is 0 Å². The van der Waals surface area contributed by atoms with Gasteiger partial charge in [0, 0.05) is 0 Å². The van der Waals surface area contributed by atoms with Gasteiger partial charge in [-0.1, -0.05) is 70.3 Å². The van der Waals surface area contributed by atoms with Crippen LogP contribution < -0.4 is 0 Å². The molecule has 0 rings (SSSR count). The second-order valence-corrected chi connectivity index (χ2v) is 4.87. The minimum absolute atomic E-state index is 1.25. The smallest absolute Gasteiger partial charge is 0.0351 e. The monoisotopic (exact) mass is 236 g/mol. The molecule has 0 aliphatic rings. The SMILES string of the molecule is CCC/C=C/CCCCCC/C=C/CCCC. The van der Waals surface area contributed by atoms with Gasteiger partial charge in [-0.3, -0.25) is 0 Å². The van der Waals surface area contributed by atoms with E-state index in [0.717, 1.165) is 0 Å². The summed E-state index contributed by atoms with van der Waals surface area (Å²) in [6.07, 6.45) is 24.0. The maximum absolute atomic E-state index is 2.37. The van der Waals surface area contributed by atoms with Gasteiger partial charge in [-0.15, -0.1) is 0 Å². The third-order valence-corrected chi connectivity index (χ3v) is 3.00. The van der Waals surface area contributed by atoms with Crippen LogP contribution in [0.2, 0.25) is 0 Å². The van der Waals surface area contributed by atoms with Crippen LogP contribution in [0.5, 0.6) is 0 Å². The zero-order valence-electron chi connectivity index (χ0n) is 12.1. The first-order valence-electron chi connectivity index (χ1n) is 7.71. The molecule has 0 spiro atoms. The molecular formula is C17H32. The average molecular weight is 236 g/mol. The normalized spacial score (nSPS) is 11.9. The Morgan fingerprint density at radius 3 is 1.41 bits per heavy atom. The van der Waals surface area contributed by atoms with Crippen molar-refractivity contribution < 1.29 is 0 Å². The lowest BCUT2D eigenvalue weighted by atomic mass is 10.1. The van der Waals surface area contributed by atoms with Crippen molar-refractivity contribution in [2.45, 2.75) is 84.5 Å². The van der Waals surface area contributed by atoms with Gasteiger partial charge in [0.1, 0.15) is 0 Å². The second-order valence-electron chi connectivity index (χ2n) is 4.87. The first kappa shape index (κ1) is 16.5. The van der Waals surface area contributed by atoms with Gasteiger partial charge in [0.25, 0.3) is 0 Å². The van der Waals surface area contributed by atoms with Crippen molar-refractivity contribution in [2.24, 2.45) is 0 Å². The molecule has 0 heterocycles. The second kappa shape index (κ2) is 15.5. The standard InChI is InChI=1S/C17H32/c1-3-5-7-9-11-13-15-17-16-14-12-10-8-6-4-2/h7,9-10,12H,3-6,8,11,13-17H2,1-2H3/b9-7+,12-10+. The van der Waals surface area contributed by atoms with Gasteiger partial charge in [-0.05, 0) is 38.5 Å². The molecule has 0 aromatic carbocycles. The minimum atomic E-state index is 1.25. The Labute approximate surface area is 109 Å². The maximum atomic E-state index is 2.37. The Morgan fingerprint density at radius 2 is 0.941 bits per heavy atom. The van der Waals surface area contributed by atoms with E-state index >= 15 is 0 Å². The molecule has 100 valence electrons. The van der Waals surface area contributed by atoms with Gasteiger partial charge in [-0.25, -0.2) is 0 Å². The Kier molecular flexibility index (Phi) is 15.0. The Balaban J connectivity index is 3.05. The summed E-state index contributed by atoms with van der Waals surface area (Å²) in [6, 6.07) is 0. The van der Waals surface area contributed by atoms with Crippen molar-refractivity contribution in [3.05, 3.63) is 24.3 Å². The van der Waals surface area contributed by atoms with Gasteiger partial charge in [-0.2, -0.15) is 0 Å². The third-order valence-electron chi connectivity index (χ3n) is 3.00. The highest BCUT2D eigenvalue weighted by Gasteiger charge is 1.87. The first-order valence-corrected chi connectivity index (χ1v) is 7.71. The molecule has 0 aromatic heterocycles. The predicted octanol–water partition coefficient (Wildman–Crippen LogP) is 6.43. The number of rotatable bonds is 12. The lowest BCUT2D eigenvalue weighted by Gasteiger charge is -1.97. The molecule has 0 N–H and O–H groups in total. The van der Waals surface area contributed by atoms with E-state index in [0.29, 0.717) is 0 Å². The average Bonchev–Trinajstić information content (AvgIpc) is 2.35. The van der Waals surface area contributed by atoms with Gasteiger partial charge in [0.2, 0.25) is 0 Å². The highest BCUT2D eigenvalue weighted by molar-refractivity contribution is 4.82. The number of allylic oxidation sites excluding steroid dienone is 4. The van der Waals surface area contributed by atoms with Crippen LogP contribution in [0.4, 0.5) is 0 Å². The summed E-state index contributed by atoms with van der Waals surface area (Å²) in [5.74, 6) is 0. The fourth-order valence-electron chi connectivity index (χ4n) is 1.84. The molecule has 17 heavy (non-hydrogen) atoms. The largest absolute Gasteiger partial charge is 0.0885 e. The van der Waals surface area contributed by atoms with E-state index in [2.05, 4.69) is 38.2 Å². The lowest BCUT2D eigenvalue weighted by Crippen LogP contribution is -1.77. The summed E-state index contributed by atoms with van der Waals surface area (Å²) in [7, 11) is 0. The van der Waals surface area contributed by atoms with E-state index in [-0.39, 0.29) is 0 Å². The van der Waals surface area contributed by atoms with Crippen molar-refractivity contribution >= 4 is 0 Å². The van der Waals surface area contributed by atoms with Crippen LogP contribution in [0.3, 0.4) is 0 Å². The zero-order chi connectivity index (χ0) is 12.6. The van der Waals surface area contributed by atoms with Crippen LogP contribution in [0.15, 0.2) is 24.3 Å². The van der Waals surface area contributed by atoms with Crippen LogP contribution in [0.25, 0.3) is 0 Å². The molecular weight excluding hydrogens is 204 g/mol. The van der Waals surface area contributed by atoms with Crippen molar-refractivity contribution in [2.75, 3.05) is 0 Å². The zero-order valence-corrected chi connectivity index (χ0v) is 12.1. The lowest BCUT2D eigenvalue weighted by molar-refractivity contribution is 0.651. The molecule has 0 radical (unpaired) electrons. The molecule has 0 nitrogen and oxygen atoms in total. The Bertz CT molecular complexity index is 176. The molecule has 0 atom stereocenters. The van der Waals surface area contributed by atoms with E-state index in [4.69, 9.17) is 0 Å². The van der Waals surface area contributed by atoms with Crippen LogP contribution in [0, 0.1) is 0 Å². The van der Waals surface area contributed by atoms with E-state index in [1.54, 1.807) is 0 Å². The maximum Gasteiger partial charge on any atom is -0.0351 e. The van der Waals surface area contributed by atoms with Gasteiger partial charge in [0.05, 0.1) is 0 Å². The predicted molar refractivity (Wildman–Crippen MR) is 80.4 cm³/mol. The summed E-state index contributed by atoms with van der Waals surface area (Å²) in [5.41, 5.74) is 0. The fourth-order valence-corrected chi connectivity index (χ4v) is 1.84. The third kappa shape index (κ3) is 15.5. The van der Waals surface area contributed by atoms with Gasteiger partial charge >= 0.3 is 0 Å². The van der Waals surface area contributed by atoms with Crippen LogP contribution in [-0.2, 0) is 0 Å². The highest BCUT2D eigenvalue weighted by atomic mass is 13.9. The van der Waals surface area contributed by atoms with Gasteiger partial charge < -0.3 is 0 Å². The van der Waals surface area contributed by atoms with Crippen molar-refractivity contribution in [1.82, 2.24) is 0 Å². The van der Waals surface area contributed by atoms with Gasteiger partial charge in [0.15, 0.2) is 0 Å². The number of hydrogen-bond acceptors (Lipinski definition) is 0. The summed E-state index contributed by atoms with van der Waals surface area (Å²) in [5, 5.41) is 0. The van der Waals surface area contributed by atoms with Crippen LogP contribution in [-0.4, -0.2) is 0 Å². The molecule has 0 aliphatic heterocycles. The fraction of sp³-hybridized carbons (Fsp3) is 0.765. The molecule has 0 unspecified atom stereocenters. The highest BCUT2D eigenvalue weighted by Crippen LogP contribution is 2.07.